The van der Waals surface area contributed by atoms with Gasteiger partial charge in [-0.05, 0) is 42.1 Å². The molecule has 0 unspecified atom stereocenters. The van der Waals surface area contributed by atoms with Gasteiger partial charge in [-0.2, -0.15) is 13.2 Å². The van der Waals surface area contributed by atoms with E-state index in [9.17, 15) is 18.0 Å². The fourth-order valence-corrected chi connectivity index (χ4v) is 5.00. The average molecular weight is 490 g/mol. The number of carbonyl (C=O) groups excluding carboxylic acids is 1. The first-order chi connectivity index (χ1) is 16.8. The Morgan fingerprint density at radius 1 is 0.971 bits per heavy atom. The molecule has 4 rings (SSSR count). The molecule has 35 heavy (non-hydrogen) atoms. The number of nitrogens with zero attached hydrogens (tertiary/aromatic N) is 2. The predicted octanol–water partition coefficient (Wildman–Crippen LogP) is 4.21. The van der Waals surface area contributed by atoms with Crippen molar-refractivity contribution in [3.8, 4) is 0 Å². The van der Waals surface area contributed by atoms with Crippen molar-refractivity contribution in [1.82, 2.24) is 15.1 Å². The molecule has 190 valence electrons. The van der Waals surface area contributed by atoms with Crippen LogP contribution in [-0.2, 0) is 34.2 Å². The highest BCUT2D eigenvalue weighted by Gasteiger charge is 2.43. The van der Waals surface area contributed by atoms with Crippen LogP contribution in [0.2, 0.25) is 0 Å². The minimum atomic E-state index is -4.45. The Labute approximate surface area is 205 Å². The van der Waals surface area contributed by atoms with Crippen molar-refractivity contribution >= 4 is 5.91 Å². The normalized spacial score (nSPS) is 19.4. The summed E-state index contributed by atoms with van der Waals surface area (Å²) in [6.45, 7) is 9.51. The fraction of sp³-hybridized carbons (Fsp3) is 0.519. The summed E-state index contributed by atoms with van der Waals surface area (Å²) in [5.74, 6) is -0.252. The highest BCUT2D eigenvalue weighted by molar-refractivity contribution is 5.88. The van der Waals surface area contributed by atoms with Crippen LogP contribution in [0, 0.1) is 0 Å². The van der Waals surface area contributed by atoms with Crippen molar-refractivity contribution in [3.63, 3.8) is 0 Å². The first-order valence-electron chi connectivity index (χ1n) is 12.4. The molecule has 2 aliphatic rings. The quantitative estimate of drug-likeness (QED) is 0.633. The van der Waals surface area contributed by atoms with Crippen LogP contribution in [0.4, 0.5) is 13.2 Å². The molecule has 2 aromatic carbocycles. The van der Waals surface area contributed by atoms with Crippen molar-refractivity contribution < 1.29 is 22.7 Å². The van der Waals surface area contributed by atoms with Gasteiger partial charge in [0.25, 0.3) is 0 Å². The highest BCUT2D eigenvalue weighted by Crippen LogP contribution is 2.38. The second-order valence-electron chi connectivity index (χ2n) is 9.48. The second-order valence-corrected chi connectivity index (χ2v) is 9.48. The Kier molecular flexibility index (Phi) is 8.14. The lowest BCUT2D eigenvalue weighted by Gasteiger charge is -2.36. The molecule has 2 aliphatic heterocycles. The molecule has 0 saturated carbocycles. The number of piperazine rings is 1. The summed E-state index contributed by atoms with van der Waals surface area (Å²) in [4.78, 5) is 18.3. The second kappa shape index (κ2) is 11.1. The third kappa shape index (κ3) is 6.23. The maximum Gasteiger partial charge on any atom is 0.416 e. The van der Waals surface area contributed by atoms with E-state index in [-0.39, 0.29) is 5.91 Å². The van der Waals surface area contributed by atoms with Gasteiger partial charge in [-0.3, -0.25) is 9.69 Å². The van der Waals surface area contributed by atoms with E-state index in [1.54, 1.807) is 6.07 Å². The third-order valence-electron chi connectivity index (χ3n) is 7.32. The summed E-state index contributed by atoms with van der Waals surface area (Å²) in [5.41, 5.74) is 0.825. The van der Waals surface area contributed by atoms with Crippen LogP contribution in [0.25, 0.3) is 0 Å². The molecule has 2 saturated heterocycles. The van der Waals surface area contributed by atoms with Crippen LogP contribution in [0.15, 0.2) is 48.5 Å². The number of carbonyl (C=O) groups is 1. The van der Waals surface area contributed by atoms with Gasteiger partial charge in [0, 0.05) is 52.5 Å². The van der Waals surface area contributed by atoms with Gasteiger partial charge in [-0.15, -0.1) is 0 Å². The van der Waals surface area contributed by atoms with Crippen LogP contribution < -0.4 is 5.32 Å². The molecule has 0 radical (unpaired) electrons. The van der Waals surface area contributed by atoms with E-state index in [1.165, 1.54) is 11.6 Å². The molecule has 0 atom stereocenters. The van der Waals surface area contributed by atoms with Crippen molar-refractivity contribution in [2.24, 2.45) is 0 Å². The summed E-state index contributed by atoms with van der Waals surface area (Å²) in [7, 11) is 0. The number of hydrogen-bond acceptors (Lipinski definition) is 4. The van der Waals surface area contributed by atoms with E-state index in [1.807, 2.05) is 12.1 Å². The van der Waals surface area contributed by atoms with Gasteiger partial charge in [0.1, 0.15) is 0 Å². The SMILES string of the molecule is CCN1CCN(Cc2ccc(CNC(=O)C3(c4cccc(C(F)(F)F)c4)CCOCC3)cc2)CC1. The van der Waals surface area contributed by atoms with E-state index in [2.05, 4.69) is 34.2 Å². The summed E-state index contributed by atoms with van der Waals surface area (Å²) >= 11 is 0. The Balaban J connectivity index is 1.39. The minimum Gasteiger partial charge on any atom is -0.381 e. The molecular weight excluding hydrogens is 455 g/mol. The molecule has 0 bridgehead atoms. The van der Waals surface area contributed by atoms with E-state index in [0.717, 1.165) is 57.0 Å². The van der Waals surface area contributed by atoms with Crippen LogP contribution >= 0.6 is 0 Å². The van der Waals surface area contributed by atoms with Crippen molar-refractivity contribution in [3.05, 3.63) is 70.8 Å². The Hall–Kier alpha value is -2.42. The highest BCUT2D eigenvalue weighted by atomic mass is 19.4. The maximum absolute atomic E-state index is 13.4. The van der Waals surface area contributed by atoms with Gasteiger partial charge < -0.3 is 15.0 Å². The van der Waals surface area contributed by atoms with E-state index in [4.69, 9.17) is 4.74 Å². The number of likely N-dealkylation sites (N-methyl/N-ethyl adjacent to an activating group) is 1. The van der Waals surface area contributed by atoms with E-state index >= 15 is 0 Å². The standard InChI is InChI=1S/C27H34F3N3O2/c1-2-32-12-14-33(15-13-32)20-22-8-6-21(7-9-22)19-31-25(34)26(10-16-35-17-11-26)23-4-3-5-24(18-23)27(28,29)30/h3-9,18H,2,10-17,19-20H2,1H3,(H,31,34). The lowest BCUT2D eigenvalue weighted by atomic mass is 9.73. The molecule has 2 aromatic rings. The molecular formula is C27H34F3N3O2. The lowest BCUT2D eigenvalue weighted by molar-refractivity contribution is -0.138. The first-order valence-corrected chi connectivity index (χ1v) is 12.4. The Morgan fingerprint density at radius 2 is 1.60 bits per heavy atom. The topological polar surface area (TPSA) is 44.8 Å². The molecule has 2 heterocycles. The molecule has 0 spiro atoms. The monoisotopic (exact) mass is 489 g/mol. The number of rotatable bonds is 7. The summed E-state index contributed by atoms with van der Waals surface area (Å²) in [6.07, 6.45) is -3.75. The largest absolute Gasteiger partial charge is 0.416 e. The van der Waals surface area contributed by atoms with Crippen LogP contribution in [0.3, 0.4) is 0 Å². The van der Waals surface area contributed by atoms with Crippen LogP contribution in [-0.4, -0.2) is 61.6 Å². The van der Waals surface area contributed by atoms with E-state index in [0.29, 0.717) is 38.2 Å². The molecule has 1 N–H and O–H groups in total. The summed E-state index contributed by atoms with van der Waals surface area (Å²) in [5, 5.41) is 2.99. The minimum absolute atomic E-state index is 0.252. The van der Waals surface area contributed by atoms with Crippen molar-refractivity contribution in [2.45, 2.75) is 44.4 Å². The Bertz CT molecular complexity index is 980. The van der Waals surface area contributed by atoms with Gasteiger partial charge in [-0.1, -0.05) is 49.4 Å². The maximum atomic E-state index is 13.4. The summed E-state index contributed by atoms with van der Waals surface area (Å²) < 4.78 is 45.4. The number of hydrogen-bond donors (Lipinski definition) is 1. The number of ether oxygens (including phenoxy) is 1. The van der Waals surface area contributed by atoms with Gasteiger partial charge >= 0.3 is 6.18 Å². The average Bonchev–Trinajstić information content (AvgIpc) is 2.88. The number of amides is 1. The third-order valence-corrected chi connectivity index (χ3v) is 7.32. The fourth-order valence-electron chi connectivity index (χ4n) is 5.00. The first kappa shape index (κ1) is 25.7. The summed E-state index contributed by atoms with van der Waals surface area (Å²) in [6, 6.07) is 13.4. The number of alkyl halides is 3. The van der Waals surface area contributed by atoms with Gasteiger partial charge in [-0.25, -0.2) is 0 Å². The van der Waals surface area contributed by atoms with Gasteiger partial charge in [0.15, 0.2) is 0 Å². The Morgan fingerprint density at radius 3 is 2.23 bits per heavy atom. The van der Waals surface area contributed by atoms with Crippen molar-refractivity contribution in [2.75, 3.05) is 45.9 Å². The van der Waals surface area contributed by atoms with Gasteiger partial charge in [0.05, 0.1) is 11.0 Å². The molecule has 0 aromatic heterocycles. The van der Waals surface area contributed by atoms with Crippen molar-refractivity contribution in [1.29, 1.82) is 0 Å². The molecule has 5 nitrogen and oxygen atoms in total. The zero-order chi connectivity index (χ0) is 24.9. The zero-order valence-electron chi connectivity index (χ0n) is 20.2. The van der Waals surface area contributed by atoms with Gasteiger partial charge in [0.2, 0.25) is 5.91 Å². The number of nitrogens with one attached hydrogen (secondary N) is 1. The lowest BCUT2D eigenvalue weighted by Crippen LogP contribution is -2.48. The molecule has 2 fully saturated rings. The van der Waals surface area contributed by atoms with E-state index < -0.39 is 17.2 Å². The molecule has 8 heteroatoms. The number of halogens is 3. The molecule has 1 amide bonds. The molecule has 0 aliphatic carbocycles. The zero-order valence-corrected chi connectivity index (χ0v) is 20.2. The smallest absolute Gasteiger partial charge is 0.381 e. The number of benzene rings is 2. The van der Waals surface area contributed by atoms with Crippen LogP contribution in [0.1, 0.15) is 42.0 Å². The van der Waals surface area contributed by atoms with Crippen LogP contribution in [0.5, 0.6) is 0 Å². The predicted molar refractivity (Wildman–Crippen MR) is 129 cm³/mol.